The minimum Gasteiger partial charge on any atom is -0.490 e. The third-order valence-electron chi connectivity index (χ3n) is 5.45. The molecule has 2 aromatic carbocycles. The van der Waals surface area contributed by atoms with Crippen LogP contribution in [0, 0.1) is 6.92 Å². The molecule has 0 bridgehead atoms. The Bertz CT molecular complexity index is 1210. The molecule has 0 spiro atoms. The third kappa shape index (κ3) is 3.86. The van der Waals surface area contributed by atoms with Crippen LogP contribution in [0.1, 0.15) is 33.3 Å². The molecule has 160 valence electrons. The predicted octanol–water partition coefficient (Wildman–Crippen LogP) is 3.77. The Hall–Kier alpha value is -3.38. The highest BCUT2D eigenvalue weighted by molar-refractivity contribution is 5.99. The summed E-state index contributed by atoms with van der Waals surface area (Å²) in [6, 6.07) is 12.4. The lowest BCUT2D eigenvalue weighted by Gasteiger charge is -2.26. The average Bonchev–Trinajstić information content (AvgIpc) is 3.03. The van der Waals surface area contributed by atoms with Crippen molar-refractivity contribution in [3.63, 3.8) is 0 Å². The molecule has 0 fully saturated rings. The lowest BCUT2D eigenvalue weighted by Crippen LogP contribution is -2.35. The van der Waals surface area contributed by atoms with E-state index in [-0.39, 0.29) is 17.1 Å². The van der Waals surface area contributed by atoms with Crippen LogP contribution in [0.5, 0.6) is 5.75 Å². The topological polar surface area (TPSA) is 63.0 Å². The molecule has 1 aliphatic rings. The van der Waals surface area contributed by atoms with Gasteiger partial charge in [0, 0.05) is 13.1 Å². The fourth-order valence-electron chi connectivity index (χ4n) is 3.95. The van der Waals surface area contributed by atoms with Crippen molar-refractivity contribution in [2.75, 3.05) is 33.8 Å². The van der Waals surface area contributed by atoms with Gasteiger partial charge in [-0.2, -0.15) is 0 Å². The first-order valence-corrected chi connectivity index (χ1v) is 10.3. The van der Waals surface area contributed by atoms with Crippen LogP contribution < -0.4 is 10.2 Å². The highest BCUT2D eigenvalue weighted by atomic mass is 16.5. The molecule has 6 nitrogen and oxygen atoms in total. The van der Waals surface area contributed by atoms with Gasteiger partial charge in [-0.05, 0) is 50.8 Å². The Morgan fingerprint density at radius 1 is 1.19 bits per heavy atom. The second-order valence-corrected chi connectivity index (χ2v) is 8.05. The van der Waals surface area contributed by atoms with Crippen LogP contribution in [0.2, 0.25) is 0 Å². The molecule has 0 saturated heterocycles. The van der Waals surface area contributed by atoms with Gasteiger partial charge in [0.05, 0.1) is 17.0 Å². The molecule has 1 aromatic heterocycles. The van der Waals surface area contributed by atoms with E-state index in [9.17, 15) is 9.59 Å². The van der Waals surface area contributed by atoms with E-state index < -0.39 is 6.04 Å². The maximum atomic E-state index is 13.5. The lowest BCUT2D eigenvalue weighted by molar-refractivity contribution is 0.0716. The molecule has 1 atom stereocenters. The summed E-state index contributed by atoms with van der Waals surface area (Å²) in [6.07, 6.45) is 1.67. The van der Waals surface area contributed by atoms with Gasteiger partial charge in [0.25, 0.3) is 5.91 Å². The Morgan fingerprint density at radius 3 is 2.74 bits per heavy atom. The van der Waals surface area contributed by atoms with Gasteiger partial charge in [-0.15, -0.1) is 0 Å². The third-order valence-corrected chi connectivity index (χ3v) is 5.45. The first-order valence-electron chi connectivity index (χ1n) is 10.3. The van der Waals surface area contributed by atoms with E-state index >= 15 is 0 Å². The zero-order valence-electron chi connectivity index (χ0n) is 18.1. The largest absolute Gasteiger partial charge is 0.490 e. The summed E-state index contributed by atoms with van der Waals surface area (Å²) < 4.78 is 11.7. The Kier molecular flexibility index (Phi) is 5.65. The number of likely N-dealkylation sites (N-methyl/N-ethyl adjacent to an activating group) is 1. The number of hydrogen-bond donors (Lipinski definition) is 0. The van der Waals surface area contributed by atoms with Gasteiger partial charge in [0.1, 0.15) is 17.9 Å². The highest BCUT2D eigenvalue weighted by Gasteiger charge is 2.42. The molecule has 0 saturated carbocycles. The molecule has 1 aliphatic heterocycles. The van der Waals surface area contributed by atoms with Crippen LogP contribution in [-0.2, 0) is 0 Å². The number of nitrogens with zero attached hydrogens (tertiary/aromatic N) is 2. The van der Waals surface area contributed by atoms with Crippen LogP contribution in [0.3, 0.4) is 0 Å². The maximum Gasteiger partial charge on any atom is 0.290 e. The van der Waals surface area contributed by atoms with Gasteiger partial charge in [-0.3, -0.25) is 9.59 Å². The van der Waals surface area contributed by atoms with Gasteiger partial charge >= 0.3 is 0 Å². The first-order chi connectivity index (χ1) is 14.9. The van der Waals surface area contributed by atoms with E-state index in [1.807, 2.05) is 62.3 Å². The first kappa shape index (κ1) is 20.9. The Morgan fingerprint density at radius 2 is 2.00 bits per heavy atom. The van der Waals surface area contributed by atoms with Gasteiger partial charge in [0.15, 0.2) is 5.43 Å². The van der Waals surface area contributed by atoms with Crippen LogP contribution in [-0.4, -0.2) is 49.5 Å². The number of benzene rings is 2. The number of aryl methyl sites for hydroxylation is 1. The molecule has 1 unspecified atom stereocenters. The number of fused-ring (bicyclic) bond motifs is 2. The summed E-state index contributed by atoms with van der Waals surface area (Å²) >= 11 is 0. The van der Waals surface area contributed by atoms with Crippen LogP contribution in [0.4, 0.5) is 0 Å². The summed E-state index contributed by atoms with van der Waals surface area (Å²) in [4.78, 5) is 30.6. The molecular formula is C25H26N2O4. The zero-order chi connectivity index (χ0) is 22.1. The molecule has 0 radical (unpaired) electrons. The quantitative estimate of drug-likeness (QED) is 0.547. The molecule has 6 heteroatoms. The van der Waals surface area contributed by atoms with Crippen molar-refractivity contribution < 1.29 is 13.9 Å². The molecule has 4 rings (SSSR count). The van der Waals surface area contributed by atoms with Crippen LogP contribution in [0.15, 0.2) is 64.3 Å². The van der Waals surface area contributed by atoms with Gasteiger partial charge in [0.2, 0.25) is 5.76 Å². The standard InChI is InChI=1S/C25H26N2O4/c1-5-13-30-18-8-6-7-17(15-18)22-21-23(28)19-14-16(2)9-10-20(19)31-24(21)25(29)27(22)12-11-26(3)4/h5-10,14-15,22H,1,11-13H2,2-4H3. The Labute approximate surface area is 181 Å². The van der Waals surface area contributed by atoms with Crippen molar-refractivity contribution in [2.24, 2.45) is 0 Å². The van der Waals surface area contributed by atoms with Crippen molar-refractivity contribution in [2.45, 2.75) is 13.0 Å². The van der Waals surface area contributed by atoms with Crippen LogP contribution >= 0.6 is 0 Å². The fraction of sp³-hybridized carbons (Fsp3) is 0.280. The van der Waals surface area contributed by atoms with Crippen molar-refractivity contribution in [3.05, 3.63) is 87.8 Å². The molecule has 3 aromatic rings. The molecule has 0 N–H and O–H groups in total. The number of amides is 1. The second kappa shape index (κ2) is 8.40. The minimum absolute atomic E-state index is 0.127. The SMILES string of the molecule is C=CCOc1cccc(C2c3c(oc4ccc(C)cc4c3=O)C(=O)N2CCN(C)C)c1. The van der Waals surface area contributed by atoms with E-state index in [0.29, 0.717) is 42.0 Å². The second-order valence-electron chi connectivity index (χ2n) is 8.05. The summed E-state index contributed by atoms with van der Waals surface area (Å²) in [5, 5.41) is 0.491. The fourth-order valence-corrected chi connectivity index (χ4v) is 3.95. The minimum atomic E-state index is -0.532. The summed E-state index contributed by atoms with van der Waals surface area (Å²) in [5.74, 6) is 0.522. The highest BCUT2D eigenvalue weighted by Crippen LogP contribution is 2.38. The number of ether oxygens (including phenoxy) is 1. The monoisotopic (exact) mass is 418 g/mol. The van der Waals surface area contributed by atoms with E-state index in [0.717, 1.165) is 11.1 Å². The predicted molar refractivity (Wildman–Crippen MR) is 121 cm³/mol. The molecular weight excluding hydrogens is 392 g/mol. The average molecular weight is 418 g/mol. The smallest absolute Gasteiger partial charge is 0.290 e. The number of rotatable bonds is 7. The summed E-state index contributed by atoms with van der Waals surface area (Å²) in [7, 11) is 3.90. The molecule has 1 amide bonds. The number of carbonyl (C=O) groups excluding carboxylic acids is 1. The van der Waals surface area contributed by atoms with E-state index in [1.54, 1.807) is 17.0 Å². The molecule has 0 aliphatic carbocycles. The summed E-state index contributed by atoms with van der Waals surface area (Å²) in [6.45, 7) is 7.11. The van der Waals surface area contributed by atoms with Crippen LogP contribution in [0.25, 0.3) is 11.0 Å². The van der Waals surface area contributed by atoms with Crippen molar-refractivity contribution in [3.8, 4) is 5.75 Å². The molecule has 2 heterocycles. The normalized spacial score (nSPS) is 15.5. The summed E-state index contributed by atoms with van der Waals surface area (Å²) in [5.41, 5.74) is 2.43. The van der Waals surface area contributed by atoms with Gasteiger partial charge < -0.3 is 19.0 Å². The Balaban J connectivity index is 1.90. The van der Waals surface area contributed by atoms with Crippen molar-refractivity contribution in [1.29, 1.82) is 0 Å². The lowest BCUT2D eigenvalue weighted by atomic mass is 9.98. The molecule has 31 heavy (non-hydrogen) atoms. The van der Waals surface area contributed by atoms with Crippen molar-refractivity contribution >= 4 is 16.9 Å². The van der Waals surface area contributed by atoms with E-state index in [2.05, 4.69) is 6.58 Å². The van der Waals surface area contributed by atoms with Crippen molar-refractivity contribution in [1.82, 2.24) is 9.80 Å². The van der Waals surface area contributed by atoms with Gasteiger partial charge in [-0.25, -0.2) is 0 Å². The number of hydrogen-bond acceptors (Lipinski definition) is 5. The number of carbonyl (C=O) groups is 1. The maximum absolute atomic E-state index is 13.5. The van der Waals surface area contributed by atoms with Gasteiger partial charge in [-0.1, -0.05) is 36.4 Å². The zero-order valence-corrected chi connectivity index (χ0v) is 18.1. The van der Waals surface area contributed by atoms with E-state index in [4.69, 9.17) is 9.15 Å². The van der Waals surface area contributed by atoms with E-state index in [1.165, 1.54) is 0 Å².